The summed E-state index contributed by atoms with van der Waals surface area (Å²) >= 11 is 0. The fourth-order valence-corrected chi connectivity index (χ4v) is 3.50. The summed E-state index contributed by atoms with van der Waals surface area (Å²) in [4.78, 5) is 39.7. The number of ether oxygens (including phenoxy) is 1. The van der Waals surface area contributed by atoms with Gasteiger partial charge in [-0.2, -0.15) is 0 Å². The lowest BCUT2D eigenvalue weighted by Crippen LogP contribution is -2.45. The third kappa shape index (κ3) is 2.17. The third-order valence-electron chi connectivity index (χ3n) is 4.52. The highest BCUT2D eigenvalue weighted by atomic mass is 28.1. The van der Waals surface area contributed by atoms with Crippen molar-refractivity contribution in [2.24, 2.45) is 0 Å². The lowest BCUT2D eigenvalue weighted by Gasteiger charge is -2.23. The quantitative estimate of drug-likeness (QED) is 0.540. The summed E-state index contributed by atoms with van der Waals surface area (Å²) in [5.41, 5.74) is 0.878. The fourth-order valence-electron chi connectivity index (χ4n) is 2.96. The van der Waals surface area contributed by atoms with Gasteiger partial charge in [0.05, 0.1) is 21.4 Å². The molecule has 1 atom stereocenters. The minimum absolute atomic E-state index is 0.0294. The van der Waals surface area contributed by atoms with Gasteiger partial charge in [0.1, 0.15) is 5.22 Å². The molecule has 0 radical (unpaired) electrons. The summed E-state index contributed by atoms with van der Waals surface area (Å²) in [5, 5.41) is -0.651. The SMILES string of the molecule is CO[C@@]1([SiH3])CCN(CCN2C(=O)c3ccccc3C2=O)C1=O. The molecule has 116 valence electrons. The van der Waals surface area contributed by atoms with Crippen molar-refractivity contribution in [3.8, 4) is 0 Å². The van der Waals surface area contributed by atoms with Crippen molar-refractivity contribution >= 4 is 28.0 Å². The zero-order valence-electron chi connectivity index (χ0n) is 12.7. The molecule has 0 aliphatic carbocycles. The van der Waals surface area contributed by atoms with E-state index in [1.54, 1.807) is 36.3 Å². The Morgan fingerprint density at radius 1 is 1.14 bits per heavy atom. The molecule has 2 heterocycles. The Balaban J connectivity index is 1.68. The van der Waals surface area contributed by atoms with Crippen LogP contribution in [0.15, 0.2) is 24.3 Å². The first-order chi connectivity index (χ1) is 10.5. The second kappa shape index (κ2) is 5.33. The molecule has 1 aromatic carbocycles. The van der Waals surface area contributed by atoms with E-state index >= 15 is 0 Å². The number of rotatable bonds is 4. The number of imide groups is 1. The Kier molecular flexibility index (Phi) is 3.62. The first kappa shape index (κ1) is 14.9. The van der Waals surface area contributed by atoms with Gasteiger partial charge in [0, 0.05) is 26.7 Å². The lowest BCUT2D eigenvalue weighted by atomic mass is 10.1. The molecule has 0 unspecified atom stereocenters. The number of nitrogens with zero attached hydrogens (tertiary/aromatic N) is 2. The Labute approximate surface area is 131 Å². The Morgan fingerprint density at radius 3 is 2.23 bits per heavy atom. The predicted molar refractivity (Wildman–Crippen MR) is 82.7 cm³/mol. The first-order valence-electron chi connectivity index (χ1n) is 7.28. The van der Waals surface area contributed by atoms with Gasteiger partial charge in [0.25, 0.3) is 11.8 Å². The molecule has 3 rings (SSSR count). The van der Waals surface area contributed by atoms with Crippen LogP contribution in [0.4, 0.5) is 0 Å². The zero-order valence-corrected chi connectivity index (χ0v) is 14.7. The summed E-state index contributed by atoms with van der Waals surface area (Å²) in [6.45, 7) is 1.19. The van der Waals surface area contributed by atoms with Crippen LogP contribution in [0.3, 0.4) is 0 Å². The Bertz CT molecular complexity index is 628. The van der Waals surface area contributed by atoms with Gasteiger partial charge in [-0.25, -0.2) is 0 Å². The van der Waals surface area contributed by atoms with E-state index in [0.717, 1.165) is 0 Å². The normalized spacial score (nSPS) is 24.5. The van der Waals surface area contributed by atoms with E-state index in [2.05, 4.69) is 0 Å². The summed E-state index contributed by atoms with van der Waals surface area (Å²) in [6, 6.07) is 6.80. The van der Waals surface area contributed by atoms with Crippen molar-refractivity contribution in [2.45, 2.75) is 11.6 Å². The molecule has 2 aliphatic heterocycles. The molecule has 2 aliphatic rings. The molecule has 0 spiro atoms. The van der Waals surface area contributed by atoms with Crippen LogP contribution < -0.4 is 0 Å². The largest absolute Gasteiger partial charge is 0.373 e. The van der Waals surface area contributed by atoms with Crippen LogP contribution >= 0.6 is 0 Å². The minimum atomic E-state index is -0.651. The molecule has 3 amide bonds. The average Bonchev–Trinajstić information content (AvgIpc) is 2.95. The van der Waals surface area contributed by atoms with Gasteiger partial charge in [-0.05, 0) is 18.6 Å². The fraction of sp³-hybridized carbons (Fsp3) is 0.400. The maximum Gasteiger partial charge on any atom is 0.261 e. The maximum absolute atomic E-state index is 12.3. The molecule has 1 fully saturated rings. The van der Waals surface area contributed by atoms with E-state index in [0.29, 0.717) is 40.9 Å². The second-order valence-electron chi connectivity index (χ2n) is 5.78. The molecule has 6 nitrogen and oxygen atoms in total. The summed E-state index contributed by atoms with van der Waals surface area (Å²) in [5.74, 6) is -0.592. The molecular weight excluding hydrogens is 300 g/mol. The number of methoxy groups -OCH3 is 1. The van der Waals surface area contributed by atoms with Crippen LogP contribution in [0.2, 0.25) is 0 Å². The number of amides is 3. The number of benzene rings is 1. The number of carbonyl (C=O) groups excluding carboxylic acids is 3. The lowest BCUT2D eigenvalue weighted by molar-refractivity contribution is -0.139. The van der Waals surface area contributed by atoms with Crippen LogP contribution in [0.1, 0.15) is 27.1 Å². The summed E-state index contributed by atoms with van der Waals surface area (Å²) < 4.78 is 5.33. The molecular formula is C15H18N2O4Si. The van der Waals surface area contributed by atoms with E-state index in [-0.39, 0.29) is 24.3 Å². The molecule has 7 heteroatoms. The summed E-state index contributed by atoms with van der Waals surface area (Å²) in [6.07, 6.45) is 0.677. The van der Waals surface area contributed by atoms with E-state index in [1.807, 2.05) is 0 Å². The van der Waals surface area contributed by atoms with Crippen LogP contribution in [0, 0.1) is 0 Å². The van der Waals surface area contributed by atoms with Gasteiger partial charge >= 0.3 is 0 Å². The van der Waals surface area contributed by atoms with Crippen LogP contribution in [0.5, 0.6) is 0 Å². The van der Waals surface area contributed by atoms with Crippen molar-refractivity contribution in [2.75, 3.05) is 26.7 Å². The molecule has 0 N–H and O–H groups in total. The predicted octanol–water partition coefficient (Wildman–Crippen LogP) is -0.777. The number of fused-ring (bicyclic) bond motifs is 1. The molecule has 0 saturated carbocycles. The number of carbonyl (C=O) groups is 3. The highest BCUT2D eigenvalue weighted by Crippen LogP contribution is 2.25. The smallest absolute Gasteiger partial charge is 0.261 e. The first-order valence-corrected chi connectivity index (χ1v) is 8.28. The maximum atomic E-state index is 12.3. The van der Waals surface area contributed by atoms with Crippen LogP contribution in [0.25, 0.3) is 0 Å². The van der Waals surface area contributed by atoms with Gasteiger partial charge in [-0.3, -0.25) is 19.3 Å². The second-order valence-corrected chi connectivity index (χ2v) is 7.40. The van der Waals surface area contributed by atoms with Gasteiger partial charge in [-0.15, -0.1) is 0 Å². The van der Waals surface area contributed by atoms with E-state index < -0.39 is 5.22 Å². The Hall–Kier alpha value is -1.99. The highest BCUT2D eigenvalue weighted by Gasteiger charge is 2.43. The van der Waals surface area contributed by atoms with Crippen molar-refractivity contribution < 1.29 is 19.1 Å². The van der Waals surface area contributed by atoms with E-state index in [1.165, 1.54) is 4.90 Å². The number of hydrogen-bond donors (Lipinski definition) is 0. The topological polar surface area (TPSA) is 66.9 Å². The molecule has 0 aromatic heterocycles. The van der Waals surface area contributed by atoms with E-state index in [4.69, 9.17) is 4.74 Å². The third-order valence-corrected chi connectivity index (χ3v) is 5.86. The molecule has 0 bridgehead atoms. The number of hydrogen-bond acceptors (Lipinski definition) is 4. The van der Waals surface area contributed by atoms with Crippen LogP contribution in [-0.2, 0) is 9.53 Å². The summed E-state index contributed by atoms with van der Waals surface area (Å²) in [7, 11) is 2.18. The monoisotopic (exact) mass is 318 g/mol. The molecule has 22 heavy (non-hydrogen) atoms. The molecule has 1 aromatic rings. The van der Waals surface area contributed by atoms with Crippen molar-refractivity contribution in [1.29, 1.82) is 0 Å². The minimum Gasteiger partial charge on any atom is -0.373 e. The zero-order chi connectivity index (χ0) is 15.9. The number of likely N-dealkylation sites (tertiary alicyclic amines) is 1. The average molecular weight is 318 g/mol. The standard InChI is InChI=1S/C15H18N2O4Si/c1-21-15(22)6-7-16(14(15)20)8-9-17-12(18)10-4-2-3-5-11(10)13(17)19/h2-5H,6-9H2,1,22H3/t15-/m1/s1. The Morgan fingerprint density at radius 2 is 1.73 bits per heavy atom. The van der Waals surface area contributed by atoms with E-state index in [9.17, 15) is 14.4 Å². The van der Waals surface area contributed by atoms with Crippen molar-refractivity contribution in [3.05, 3.63) is 35.4 Å². The van der Waals surface area contributed by atoms with Crippen molar-refractivity contribution in [3.63, 3.8) is 0 Å². The van der Waals surface area contributed by atoms with Crippen molar-refractivity contribution in [1.82, 2.24) is 9.80 Å². The highest BCUT2D eigenvalue weighted by molar-refractivity contribution is 6.28. The van der Waals surface area contributed by atoms with Gasteiger partial charge in [0.2, 0.25) is 5.91 Å². The van der Waals surface area contributed by atoms with Gasteiger partial charge in [0.15, 0.2) is 0 Å². The van der Waals surface area contributed by atoms with Gasteiger partial charge < -0.3 is 9.64 Å². The van der Waals surface area contributed by atoms with Crippen LogP contribution in [-0.4, -0.2) is 69.7 Å². The van der Waals surface area contributed by atoms with Gasteiger partial charge in [-0.1, -0.05) is 12.1 Å². The molecule has 1 saturated heterocycles.